The van der Waals surface area contributed by atoms with Crippen molar-refractivity contribution in [1.29, 1.82) is 0 Å². The number of hydrogen-bond donors (Lipinski definition) is 0. The predicted molar refractivity (Wildman–Crippen MR) is 47.4 cm³/mol. The third-order valence-corrected chi connectivity index (χ3v) is 2.25. The van der Waals surface area contributed by atoms with E-state index >= 15 is 0 Å². The molecule has 1 atom stereocenters. The molecule has 11 heavy (non-hydrogen) atoms. The van der Waals surface area contributed by atoms with Gasteiger partial charge in [-0.25, -0.2) is 0 Å². The lowest BCUT2D eigenvalue weighted by molar-refractivity contribution is -0.138. The molecular formula is C8H13BrO2. The SMILES string of the molecule is C/C(=C\Br)OC1CCCCO1. The van der Waals surface area contributed by atoms with Gasteiger partial charge in [0.2, 0.25) is 0 Å². The molecule has 0 aliphatic carbocycles. The Kier molecular flexibility index (Phi) is 3.94. The summed E-state index contributed by atoms with van der Waals surface area (Å²) in [6, 6.07) is 0. The Bertz CT molecular complexity index is 139. The average Bonchev–Trinajstić information content (AvgIpc) is 2.06. The summed E-state index contributed by atoms with van der Waals surface area (Å²) < 4.78 is 10.8. The van der Waals surface area contributed by atoms with E-state index in [1.165, 1.54) is 6.42 Å². The number of hydrogen-bond acceptors (Lipinski definition) is 2. The van der Waals surface area contributed by atoms with Crippen LogP contribution < -0.4 is 0 Å². The summed E-state index contributed by atoms with van der Waals surface area (Å²) in [7, 11) is 0. The van der Waals surface area contributed by atoms with Crippen molar-refractivity contribution in [1.82, 2.24) is 0 Å². The first kappa shape index (κ1) is 9.07. The van der Waals surface area contributed by atoms with Crippen molar-refractivity contribution in [3.8, 4) is 0 Å². The highest BCUT2D eigenvalue weighted by Gasteiger charge is 2.14. The first-order chi connectivity index (χ1) is 5.33. The van der Waals surface area contributed by atoms with Crippen LogP contribution in [0.1, 0.15) is 26.2 Å². The number of rotatable bonds is 2. The maximum atomic E-state index is 5.43. The summed E-state index contributed by atoms with van der Waals surface area (Å²) in [5.74, 6) is 0.872. The lowest BCUT2D eigenvalue weighted by atomic mass is 10.2. The van der Waals surface area contributed by atoms with Gasteiger partial charge in [-0.3, -0.25) is 0 Å². The van der Waals surface area contributed by atoms with Gasteiger partial charge in [-0.2, -0.15) is 0 Å². The van der Waals surface area contributed by atoms with Crippen LogP contribution in [0.3, 0.4) is 0 Å². The van der Waals surface area contributed by atoms with Crippen LogP contribution in [-0.4, -0.2) is 12.9 Å². The van der Waals surface area contributed by atoms with E-state index < -0.39 is 0 Å². The molecule has 0 aromatic rings. The zero-order chi connectivity index (χ0) is 8.10. The van der Waals surface area contributed by atoms with Gasteiger partial charge in [0.05, 0.1) is 6.61 Å². The Morgan fingerprint density at radius 2 is 2.45 bits per heavy atom. The van der Waals surface area contributed by atoms with Crippen LogP contribution in [-0.2, 0) is 9.47 Å². The highest BCUT2D eigenvalue weighted by atomic mass is 79.9. The molecule has 0 saturated carbocycles. The van der Waals surface area contributed by atoms with Crippen LogP contribution in [0.15, 0.2) is 10.7 Å². The van der Waals surface area contributed by atoms with Crippen molar-refractivity contribution in [2.45, 2.75) is 32.5 Å². The maximum absolute atomic E-state index is 5.43. The largest absolute Gasteiger partial charge is 0.469 e. The Labute approximate surface area is 75.7 Å². The zero-order valence-electron chi connectivity index (χ0n) is 6.68. The van der Waals surface area contributed by atoms with E-state index in [0.717, 1.165) is 25.2 Å². The summed E-state index contributed by atoms with van der Waals surface area (Å²) in [6.45, 7) is 2.74. The van der Waals surface area contributed by atoms with Crippen molar-refractivity contribution < 1.29 is 9.47 Å². The van der Waals surface area contributed by atoms with Gasteiger partial charge < -0.3 is 9.47 Å². The fourth-order valence-corrected chi connectivity index (χ4v) is 1.15. The minimum atomic E-state index is -0.0162. The highest BCUT2D eigenvalue weighted by molar-refractivity contribution is 9.11. The number of halogens is 1. The fourth-order valence-electron chi connectivity index (χ4n) is 1.04. The molecule has 1 fully saturated rings. The molecule has 1 unspecified atom stereocenters. The van der Waals surface area contributed by atoms with E-state index in [1.54, 1.807) is 4.99 Å². The van der Waals surface area contributed by atoms with Gasteiger partial charge in [-0.1, -0.05) is 15.9 Å². The number of ether oxygens (including phenoxy) is 2. The summed E-state index contributed by atoms with van der Waals surface area (Å²) in [5, 5.41) is 0. The molecule has 64 valence electrons. The minimum absolute atomic E-state index is 0.0162. The van der Waals surface area contributed by atoms with Crippen molar-refractivity contribution in [2.24, 2.45) is 0 Å². The summed E-state index contributed by atoms with van der Waals surface area (Å²) in [5.41, 5.74) is 0. The molecule has 0 aromatic carbocycles. The van der Waals surface area contributed by atoms with Gasteiger partial charge in [-0.15, -0.1) is 0 Å². The van der Waals surface area contributed by atoms with E-state index in [4.69, 9.17) is 9.47 Å². The topological polar surface area (TPSA) is 18.5 Å². The van der Waals surface area contributed by atoms with Crippen molar-refractivity contribution >= 4 is 15.9 Å². The molecule has 1 saturated heterocycles. The van der Waals surface area contributed by atoms with Gasteiger partial charge in [0, 0.05) is 11.4 Å². The molecule has 0 radical (unpaired) electrons. The second-order valence-electron chi connectivity index (χ2n) is 2.63. The highest BCUT2D eigenvalue weighted by Crippen LogP contribution is 2.16. The molecule has 0 spiro atoms. The summed E-state index contributed by atoms with van der Waals surface area (Å²) in [4.78, 5) is 1.77. The quantitative estimate of drug-likeness (QED) is 0.667. The molecule has 0 amide bonds. The Hall–Kier alpha value is -0.0200. The first-order valence-corrected chi connectivity index (χ1v) is 4.80. The molecule has 1 aliphatic rings. The van der Waals surface area contributed by atoms with Crippen LogP contribution in [0, 0.1) is 0 Å². The van der Waals surface area contributed by atoms with Crippen LogP contribution in [0.25, 0.3) is 0 Å². The van der Waals surface area contributed by atoms with Crippen LogP contribution >= 0.6 is 15.9 Å². The van der Waals surface area contributed by atoms with E-state index in [2.05, 4.69) is 15.9 Å². The van der Waals surface area contributed by atoms with Crippen LogP contribution in [0.4, 0.5) is 0 Å². The molecular weight excluding hydrogens is 208 g/mol. The van der Waals surface area contributed by atoms with Gasteiger partial charge >= 0.3 is 0 Å². The van der Waals surface area contributed by atoms with Crippen molar-refractivity contribution in [3.63, 3.8) is 0 Å². The van der Waals surface area contributed by atoms with Gasteiger partial charge in [0.1, 0.15) is 5.76 Å². The van der Waals surface area contributed by atoms with E-state index in [-0.39, 0.29) is 6.29 Å². The monoisotopic (exact) mass is 220 g/mol. The summed E-state index contributed by atoms with van der Waals surface area (Å²) >= 11 is 3.20. The third kappa shape index (κ3) is 3.25. The second kappa shape index (κ2) is 4.78. The molecule has 1 heterocycles. The first-order valence-electron chi connectivity index (χ1n) is 3.88. The Morgan fingerprint density at radius 1 is 1.64 bits per heavy atom. The Balaban J connectivity index is 2.24. The molecule has 1 rings (SSSR count). The van der Waals surface area contributed by atoms with Gasteiger partial charge in [0.15, 0.2) is 6.29 Å². The Morgan fingerprint density at radius 3 is 3.00 bits per heavy atom. The molecule has 0 aromatic heterocycles. The van der Waals surface area contributed by atoms with Crippen molar-refractivity contribution in [3.05, 3.63) is 10.7 Å². The van der Waals surface area contributed by atoms with E-state index in [0.29, 0.717) is 0 Å². The maximum Gasteiger partial charge on any atom is 0.199 e. The van der Waals surface area contributed by atoms with E-state index in [1.807, 2.05) is 6.92 Å². The number of allylic oxidation sites excluding steroid dienone is 1. The lowest BCUT2D eigenvalue weighted by Gasteiger charge is -2.23. The second-order valence-corrected chi connectivity index (χ2v) is 3.09. The fraction of sp³-hybridized carbons (Fsp3) is 0.750. The predicted octanol–water partition coefficient (Wildman–Crippen LogP) is 2.79. The van der Waals surface area contributed by atoms with E-state index in [9.17, 15) is 0 Å². The zero-order valence-corrected chi connectivity index (χ0v) is 8.26. The molecule has 3 heteroatoms. The average molecular weight is 221 g/mol. The minimum Gasteiger partial charge on any atom is -0.469 e. The normalized spacial score (nSPS) is 26.7. The van der Waals surface area contributed by atoms with Crippen molar-refractivity contribution in [2.75, 3.05) is 6.61 Å². The summed E-state index contributed by atoms with van der Waals surface area (Å²) in [6.07, 6.45) is 3.37. The molecule has 0 N–H and O–H groups in total. The van der Waals surface area contributed by atoms with Gasteiger partial charge in [-0.05, 0) is 19.8 Å². The standard InChI is InChI=1S/C8H13BrO2/c1-7(6-9)11-8-4-2-3-5-10-8/h6,8H,2-5H2,1H3/b7-6+. The molecule has 0 bridgehead atoms. The van der Waals surface area contributed by atoms with Crippen LogP contribution in [0.5, 0.6) is 0 Å². The molecule has 2 nitrogen and oxygen atoms in total. The third-order valence-electron chi connectivity index (χ3n) is 1.61. The smallest absolute Gasteiger partial charge is 0.199 e. The van der Waals surface area contributed by atoms with Crippen LogP contribution in [0.2, 0.25) is 0 Å². The van der Waals surface area contributed by atoms with Gasteiger partial charge in [0.25, 0.3) is 0 Å². The lowest BCUT2D eigenvalue weighted by Crippen LogP contribution is -2.21. The molecule has 1 aliphatic heterocycles.